The lowest BCUT2D eigenvalue weighted by Crippen LogP contribution is -1.94. The summed E-state index contributed by atoms with van der Waals surface area (Å²) in [4.78, 5) is 4.21. The highest BCUT2D eigenvalue weighted by Gasteiger charge is 2.07. The zero-order valence-corrected chi connectivity index (χ0v) is 12.7. The Bertz CT molecular complexity index is 724. The van der Waals surface area contributed by atoms with Crippen molar-refractivity contribution < 1.29 is 0 Å². The monoisotopic (exact) mass is 275 g/mol. The maximum Gasteiger partial charge on any atom is 0.0346 e. The van der Waals surface area contributed by atoms with Crippen LogP contribution in [-0.4, -0.2) is 4.98 Å². The average Bonchev–Trinajstić information content (AvgIpc) is 2.56. The fourth-order valence-corrected chi connectivity index (χ4v) is 2.97. The van der Waals surface area contributed by atoms with Crippen LogP contribution in [0.3, 0.4) is 0 Å². The van der Waals surface area contributed by atoms with Crippen LogP contribution in [0, 0.1) is 0 Å². The molecule has 0 bridgehead atoms. The zero-order chi connectivity index (χ0) is 14.7. The van der Waals surface area contributed by atoms with Gasteiger partial charge in [-0.25, -0.2) is 0 Å². The highest BCUT2D eigenvalue weighted by atomic mass is 14.6. The van der Waals surface area contributed by atoms with Crippen LogP contribution in [-0.2, 0) is 0 Å². The summed E-state index contributed by atoms with van der Waals surface area (Å²) in [6.45, 7) is 4.52. The summed E-state index contributed by atoms with van der Waals surface area (Å²) in [5, 5.41) is 2.43. The van der Waals surface area contributed by atoms with Gasteiger partial charge in [-0.3, -0.25) is 4.98 Å². The Morgan fingerprint density at radius 1 is 0.810 bits per heavy atom. The molecule has 2 aromatic carbocycles. The summed E-state index contributed by atoms with van der Waals surface area (Å²) in [6, 6.07) is 17.7. The second-order valence-corrected chi connectivity index (χ2v) is 5.57. The van der Waals surface area contributed by atoms with Gasteiger partial charge >= 0.3 is 0 Å². The first-order valence-corrected chi connectivity index (χ1v) is 7.76. The maximum atomic E-state index is 4.21. The molecule has 3 rings (SSSR count). The van der Waals surface area contributed by atoms with E-state index in [1.165, 1.54) is 40.3 Å². The van der Waals surface area contributed by atoms with E-state index in [4.69, 9.17) is 0 Å². The number of hydrogen-bond donors (Lipinski definition) is 0. The SMILES string of the molecule is CCC(CC)c1ccc(-c2ccc3ccncc3c2)cc1. The van der Waals surface area contributed by atoms with E-state index in [0.29, 0.717) is 5.92 Å². The van der Waals surface area contributed by atoms with Crippen molar-refractivity contribution in [1.82, 2.24) is 4.98 Å². The summed E-state index contributed by atoms with van der Waals surface area (Å²) in [6.07, 6.45) is 6.18. The van der Waals surface area contributed by atoms with Gasteiger partial charge < -0.3 is 0 Å². The number of rotatable bonds is 4. The number of fused-ring (bicyclic) bond motifs is 1. The van der Waals surface area contributed by atoms with Crippen molar-refractivity contribution in [2.45, 2.75) is 32.6 Å². The molecule has 0 atom stereocenters. The molecule has 3 aromatic rings. The largest absolute Gasteiger partial charge is 0.264 e. The third-order valence-corrected chi connectivity index (χ3v) is 4.34. The minimum Gasteiger partial charge on any atom is -0.264 e. The topological polar surface area (TPSA) is 12.9 Å². The van der Waals surface area contributed by atoms with Crippen LogP contribution in [0.5, 0.6) is 0 Å². The smallest absolute Gasteiger partial charge is 0.0346 e. The first-order valence-electron chi connectivity index (χ1n) is 7.76. The Balaban J connectivity index is 1.95. The molecule has 0 aliphatic heterocycles. The molecule has 1 heterocycles. The fourth-order valence-electron chi connectivity index (χ4n) is 2.97. The van der Waals surface area contributed by atoms with Gasteiger partial charge in [-0.05, 0) is 53.0 Å². The van der Waals surface area contributed by atoms with E-state index in [9.17, 15) is 0 Å². The van der Waals surface area contributed by atoms with E-state index in [2.05, 4.69) is 67.4 Å². The lowest BCUT2D eigenvalue weighted by molar-refractivity contribution is 0.642. The highest BCUT2D eigenvalue weighted by molar-refractivity contribution is 5.86. The molecular weight excluding hydrogens is 254 g/mol. The zero-order valence-electron chi connectivity index (χ0n) is 12.7. The van der Waals surface area contributed by atoms with E-state index in [-0.39, 0.29) is 0 Å². The van der Waals surface area contributed by atoms with E-state index < -0.39 is 0 Å². The van der Waals surface area contributed by atoms with Crippen molar-refractivity contribution in [3.63, 3.8) is 0 Å². The minimum absolute atomic E-state index is 0.680. The Morgan fingerprint density at radius 2 is 1.52 bits per heavy atom. The first-order chi connectivity index (χ1) is 10.3. The molecule has 0 amide bonds. The summed E-state index contributed by atoms with van der Waals surface area (Å²) in [5.74, 6) is 0.680. The summed E-state index contributed by atoms with van der Waals surface area (Å²) >= 11 is 0. The number of benzene rings is 2. The number of hydrogen-bond acceptors (Lipinski definition) is 1. The molecule has 106 valence electrons. The van der Waals surface area contributed by atoms with Crippen LogP contribution in [0.4, 0.5) is 0 Å². The van der Waals surface area contributed by atoms with Gasteiger partial charge in [0.2, 0.25) is 0 Å². The van der Waals surface area contributed by atoms with Gasteiger partial charge in [-0.1, -0.05) is 50.2 Å². The molecule has 1 heteroatoms. The van der Waals surface area contributed by atoms with E-state index in [1.54, 1.807) is 0 Å². The Labute approximate surface area is 126 Å². The van der Waals surface area contributed by atoms with E-state index >= 15 is 0 Å². The molecule has 1 nitrogen and oxygen atoms in total. The molecule has 0 spiro atoms. The molecule has 0 aliphatic rings. The van der Waals surface area contributed by atoms with Crippen molar-refractivity contribution in [2.75, 3.05) is 0 Å². The second kappa shape index (κ2) is 6.09. The summed E-state index contributed by atoms with van der Waals surface area (Å²) in [7, 11) is 0. The summed E-state index contributed by atoms with van der Waals surface area (Å²) in [5.41, 5.74) is 3.98. The van der Waals surface area contributed by atoms with Gasteiger partial charge in [-0.15, -0.1) is 0 Å². The quantitative estimate of drug-likeness (QED) is 0.586. The van der Waals surface area contributed by atoms with Gasteiger partial charge in [-0.2, -0.15) is 0 Å². The molecule has 0 radical (unpaired) electrons. The van der Waals surface area contributed by atoms with Crippen molar-refractivity contribution >= 4 is 10.8 Å². The maximum absolute atomic E-state index is 4.21. The van der Waals surface area contributed by atoms with E-state index in [1.807, 2.05) is 12.4 Å². The standard InChI is InChI=1S/C20H21N/c1-3-15(4-2)16-5-7-17(8-6-16)19-10-9-18-11-12-21-14-20(18)13-19/h5-15H,3-4H2,1-2H3. The van der Waals surface area contributed by atoms with Gasteiger partial charge in [0.25, 0.3) is 0 Å². The lowest BCUT2D eigenvalue weighted by Gasteiger charge is -2.13. The Hall–Kier alpha value is -2.15. The van der Waals surface area contributed by atoms with Crippen molar-refractivity contribution in [3.05, 3.63) is 66.5 Å². The number of aromatic nitrogens is 1. The third-order valence-electron chi connectivity index (χ3n) is 4.34. The molecule has 0 unspecified atom stereocenters. The van der Waals surface area contributed by atoms with Crippen LogP contribution in [0.15, 0.2) is 60.9 Å². The molecule has 0 fully saturated rings. The average molecular weight is 275 g/mol. The van der Waals surface area contributed by atoms with Gasteiger partial charge in [0.05, 0.1) is 0 Å². The van der Waals surface area contributed by atoms with E-state index in [0.717, 1.165) is 0 Å². The molecule has 1 aromatic heterocycles. The predicted octanol–water partition coefficient (Wildman–Crippen LogP) is 5.81. The fraction of sp³-hybridized carbons (Fsp3) is 0.250. The van der Waals surface area contributed by atoms with Crippen LogP contribution < -0.4 is 0 Å². The van der Waals surface area contributed by atoms with Crippen LogP contribution in [0.1, 0.15) is 38.2 Å². The molecular formula is C20H21N. The molecule has 0 saturated heterocycles. The van der Waals surface area contributed by atoms with Crippen molar-refractivity contribution in [1.29, 1.82) is 0 Å². The predicted molar refractivity (Wildman–Crippen MR) is 90.5 cm³/mol. The Morgan fingerprint density at radius 3 is 2.24 bits per heavy atom. The normalized spacial score (nSPS) is 11.2. The molecule has 21 heavy (non-hydrogen) atoms. The highest BCUT2D eigenvalue weighted by Crippen LogP contribution is 2.28. The van der Waals surface area contributed by atoms with Gasteiger partial charge in [0.1, 0.15) is 0 Å². The van der Waals surface area contributed by atoms with Gasteiger partial charge in [0, 0.05) is 17.8 Å². The molecule has 0 aliphatic carbocycles. The second-order valence-electron chi connectivity index (χ2n) is 5.57. The van der Waals surface area contributed by atoms with Crippen molar-refractivity contribution in [3.8, 4) is 11.1 Å². The van der Waals surface area contributed by atoms with Crippen LogP contribution in [0.2, 0.25) is 0 Å². The van der Waals surface area contributed by atoms with Crippen LogP contribution >= 0.6 is 0 Å². The minimum atomic E-state index is 0.680. The number of pyridine rings is 1. The lowest BCUT2D eigenvalue weighted by atomic mass is 9.92. The van der Waals surface area contributed by atoms with Gasteiger partial charge in [0.15, 0.2) is 0 Å². The van der Waals surface area contributed by atoms with Crippen molar-refractivity contribution in [2.24, 2.45) is 0 Å². The first kappa shape index (κ1) is 13.8. The number of nitrogens with zero attached hydrogens (tertiary/aromatic N) is 1. The Kier molecular flexibility index (Phi) is 4.01. The molecule has 0 N–H and O–H groups in total. The summed E-state index contributed by atoms with van der Waals surface area (Å²) < 4.78 is 0. The van der Waals surface area contributed by atoms with Crippen LogP contribution in [0.25, 0.3) is 21.9 Å². The molecule has 0 saturated carbocycles. The third kappa shape index (κ3) is 2.82.